The normalized spacial score (nSPS) is 12.5. The molecule has 31 heavy (non-hydrogen) atoms. The van der Waals surface area contributed by atoms with Crippen LogP contribution in [-0.4, -0.2) is 38.7 Å². The summed E-state index contributed by atoms with van der Waals surface area (Å²) in [6, 6.07) is 17.9. The zero-order valence-electron chi connectivity index (χ0n) is 16.7. The van der Waals surface area contributed by atoms with Crippen LogP contribution in [0, 0.1) is 11.3 Å². The molecule has 2 unspecified atom stereocenters. The van der Waals surface area contributed by atoms with Crippen LogP contribution in [0.3, 0.4) is 0 Å². The van der Waals surface area contributed by atoms with Gasteiger partial charge >= 0.3 is 6.09 Å². The number of hydrogen-bond donors (Lipinski definition) is 4. The van der Waals surface area contributed by atoms with E-state index < -0.39 is 18.3 Å². The molecular formula is C22H23N5O4. The Hall–Kier alpha value is -3.87. The molecule has 9 nitrogen and oxygen atoms in total. The highest BCUT2D eigenvalue weighted by Crippen LogP contribution is 2.22. The van der Waals surface area contributed by atoms with Crippen LogP contribution >= 0.6 is 0 Å². The van der Waals surface area contributed by atoms with Crippen LogP contribution in [0.25, 0.3) is 5.69 Å². The summed E-state index contributed by atoms with van der Waals surface area (Å²) in [5, 5.41) is 36.2. The molecule has 0 radical (unpaired) electrons. The van der Waals surface area contributed by atoms with E-state index in [1.165, 1.54) is 10.9 Å². The van der Waals surface area contributed by atoms with E-state index >= 15 is 0 Å². The molecule has 0 saturated heterocycles. The van der Waals surface area contributed by atoms with Crippen LogP contribution < -0.4 is 11.1 Å². The first kappa shape index (κ1) is 21.8. The van der Waals surface area contributed by atoms with Gasteiger partial charge < -0.3 is 26.0 Å². The second kappa shape index (κ2) is 10.2. The molecular weight excluding hydrogens is 398 g/mol. The molecule has 0 bridgehead atoms. The summed E-state index contributed by atoms with van der Waals surface area (Å²) in [7, 11) is 0. The number of nitrogens with one attached hydrogen (secondary N) is 1. The highest BCUT2D eigenvalue weighted by Gasteiger charge is 2.19. The van der Waals surface area contributed by atoms with Crippen molar-refractivity contribution in [3.63, 3.8) is 0 Å². The number of nitrogen functional groups attached to an aromatic ring is 1. The van der Waals surface area contributed by atoms with Crippen molar-refractivity contribution in [1.29, 1.82) is 5.26 Å². The van der Waals surface area contributed by atoms with Gasteiger partial charge in [0.25, 0.3) is 0 Å². The standard InChI is InChI=1S/C22H23N5O4/c23-12-17-13-26-27(21(17)24)18-8-6-16(7-9-18)20(29)19(28)10-11-25-22(30)31-14-15-4-2-1-3-5-15/h1-9,13,19-20,28-29H,10-11,14,24H2,(H,25,30). The number of ether oxygens (including phenoxy) is 1. The first-order valence-corrected chi connectivity index (χ1v) is 9.64. The predicted molar refractivity (Wildman–Crippen MR) is 113 cm³/mol. The van der Waals surface area contributed by atoms with Crippen LogP contribution in [0.1, 0.15) is 29.2 Å². The van der Waals surface area contributed by atoms with Crippen molar-refractivity contribution in [2.75, 3.05) is 12.3 Å². The van der Waals surface area contributed by atoms with Gasteiger partial charge in [0.1, 0.15) is 30.2 Å². The minimum absolute atomic E-state index is 0.140. The molecule has 0 saturated carbocycles. The summed E-state index contributed by atoms with van der Waals surface area (Å²) in [6.07, 6.45) is -1.30. The van der Waals surface area contributed by atoms with E-state index in [4.69, 9.17) is 15.7 Å². The van der Waals surface area contributed by atoms with E-state index in [9.17, 15) is 15.0 Å². The Balaban J connectivity index is 1.47. The van der Waals surface area contributed by atoms with Crippen LogP contribution in [0.4, 0.5) is 10.6 Å². The Bertz CT molecular complexity index is 1040. The molecule has 9 heteroatoms. The van der Waals surface area contributed by atoms with Gasteiger partial charge in [0.05, 0.1) is 18.0 Å². The molecule has 0 fully saturated rings. The number of aromatic nitrogens is 2. The Labute approximate surface area is 179 Å². The number of aliphatic hydroxyl groups excluding tert-OH is 2. The predicted octanol–water partition coefficient (Wildman–Crippen LogP) is 2.04. The van der Waals surface area contributed by atoms with Gasteiger partial charge in [0, 0.05) is 6.54 Å². The largest absolute Gasteiger partial charge is 0.445 e. The van der Waals surface area contributed by atoms with E-state index in [1.54, 1.807) is 24.3 Å². The minimum Gasteiger partial charge on any atom is -0.445 e. The van der Waals surface area contributed by atoms with Gasteiger partial charge in [-0.2, -0.15) is 10.4 Å². The van der Waals surface area contributed by atoms with Crippen molar-refractivity contribution in [3.05, 3.63) is 77.5 Å². The number of aliphatic hydroxyl groups is 2. The number of nitrogens with two attached hydrogens (primary N) is 1. The Morgan fingerprint density at radius 2 is 1.90 bits per heavy atom. The van der Waals surface area contributed by atoms with E-state index in [1.807, 2.05) is 36.4 Å². The average Bonchev–Trinajstić information content (AvgIpc) is 3.18. The molecule has 160 valence electrons. The number of rotatable bonds is 8. The molecule has 3 rings (SSSR count). The molecule has 1 amide bonds. The first-order chi connectivity index (χ1) is 15.0. The Morgan fingerprint density at radius 1 is 1.19 bits per heavy atom. The number of benzene rings is 2. The van der Waals surface area contributed by atoms with E-state index in [2.05, 4.69) is 10.4 Å². The lowest BCUT2D eigenvalue weighted by atomic mass is 10.0. The maximum atomic E-state index is 11.7. The van der Waals surface area contributed by atoms with E-state index in [0.717, 1.165) is 5.56 Å². The maximum absolute atomic E-state index is 11.7. The third-order valence-electron chi connectivity index (χ3n) is 4.69. The Kier molecular flexibility index (Phi) is 7.22. The van der Waals surface area contributed by atoms with Gasteiger partial charge in [-0.15, -0.1) is 0 Å². The van der Waals surface area contributed by atoms with Crippen molar-refractivity contribution in [1.82, 2.24) is 15.1 Å². The zero-order chi connectivity index (χ0) is 22.2. The summed E-state index contributed by atoms with van der Waals surface area (Å²) in [6.45, 7) is 0.297. The van der Waals surface area contributed by atoms with E-state index in [-0.39, 0.29) is 31.0 Å². The quantitative estimate of drug-likeness (QED) is 0.435. The number of carbonyl (C=O) groups excluding carboxylic acids is 1. The molecule has 0 aliphatic rings. The summed E-state index contributed by atoms with van der Waals surface area (Å²) >= 11 is 0. The second-order valence-corrected chi connectivity index (χ2v) is 6.85. The number of amides is 1. The second-order valence-electron chi connectivity index (χ2n) is 6.85. The average molecular weight is 421 g/mol. The van der Waals surface area contributed by atoms with Crippen LogP contribution in [0.2, 0.25) is 0 Å². The van der Waals surface area contributed by atoms with Crippen molar-refractivity contribution < 1.29 is 19.7 Å². The molecule has 1 heterocycles. The summed E-state index contributed by atoms with van der Waals surface area (Å²) < 4.78 is 6.51. The molecule has 0 aliphatic heterocycles. The number of alkyl carbamates (subject to hydrolysis) is 1. The third kappa shape index (κ3) is 5.60. The molecule has 2 atom stereocenters. The Morgan fingerprint density at radius 3 is 2.55 bits per heavy atom. The summed E-state index contributed by atoms with van der Waals surface area (Å²) in [5.74, 6) is 0.223. The van der Waals surface area contributed by atoms with Crippen molar-refractivity contribution in [2.45, 2.75) is 25.2 Å². The molecule has 1 aromatic heterocycles. The fourth-order valence-corrected chi connectivity index (χ4v) is 2.94. The lowest BCUT2D eigenvalue weighted by Gasteiger charge is -2.19. The van der Waals surface area contributed by atoms with E-state index in [0.29, 0.717) is 11.3 Å². The third-order valence-corrected chi connectivity index (χ3v) is 4.69. The zero-order valence-corrected chi connectivity index (χ0v) is 16.7. The van der Waals surface area contributed by atoms with Gasteiger partial charge in [0.15, 0.2) is 0 Å². The highest BCUT2D eigenvalue weighted by atomic mass is 16.5. The lowest BCUT2D eigenvalue weighted by Crippen LogP contribution is -2.29. The SMILES string of the molecule is N#Cc1cnn(-c2ccc(C(O)C(O)CCNC(=O)OCc3ccccc3)cc2)c1N. The number of carbonyl (C=O) groups is 1. The van der Waals surface area contributed by atoms with Crippen LogP contribution in [0.5, 0.6) is 0 Å². The smallest absolute Gasteiger partial charge is 0.407 e. The van der Waals surface area contributed by atoms with Gasteiger partial charge in [0.2, 0.25) is 0 Å². The van der Waals surface area contributed by atoms with Crippen molar-refractivity contribution >= 4 is 11.9 Å². The fraction of sp³-hybridized carbons (Fsp3) is 0.227. The summed E-state index contributed by atoms with van der Waals surface area (Å²) in [5.41, 5.74) is 8.13. The highest BCUT2D eigenvalue weighted by molar-refractivity contribution is 5.67. The fourth-order valence-electron chi connectivity index (χ4n) is 2.94. The van der Waals surface area contributed by atoms with Gasteiger partial charge in [-0.05, 0) is 29.7 Å². The minimum atomic E-state index is -1.14. The molecule has 5 N–H and O–H groups in total. The lowest BCUT2D eigenvalue weighted by molar-refractivity contribution is 0.0136. The number of hydrogen-bond acceptors (Lipinski definition) is 7. The topological polar surface area (TPSA) is 146 Å². The van der Waals surface area contributed by atoms with Crippen molar-refractivity contribution in [3.8, 4) is 11.8 Å². The van der Waals surface area contributed by atoms with Gasteiger partial charge in [-0.25, -0.2) is 9.48 Å². The van der Waals surface area contributed by atoms with Crippen LogP contribution in [-0.2, 0) is 11.3 Å². The van der Waals surface area contributed by atoms with Crippen LogP contribution in [0.15, 0.2) is 60.8 Å². The van der Waals surface area contributed by atoms with Crippen molar-refractivity contribution in [2.24, 2.45) is 0 Å². The van der Waals surface area contributed by atoms with Gasteiger partial charge in [-0.1, -0.05) is 42.5 Å². The molecule has 0 spiro atoms. The molecule has 2 aromatic carbocycles. The maximum Gasteiger partial charge on any atom is 0.407 e. The number of anilines is 1. The van der Waals surface area contributed by atoms with Gasteiger partial charge in [-0.3, -0.25) is 0 Å². The molecule has 3 aromatic rings. The first-order valence-electron chi connectivity index (χ1n) is 9.64. The molecule has 0 aliphatic carbocycles. The number of nitrogens with zero attached hydrogens (tertiary/aromatic N) is 3. The number of nitriles is 1. The monoisotopic (exact) mass is 421 g/mol. The summed E-state index contributed by atoms with van der Waals surface area (Å²) in [4.78, 5) is 11.7.